The first-order valence-corrected chi connectivity index (χ1v) is 29.7. The lowest BCUT2D eigenvalue weighted by atomic mass is 10.0. The highest BCUT2D eigenvalue weighted by Crippen LogP contribution is 2.33. The molecule has 0 aliphatic rings. The third-order valence-corrected chi connectivity index (χ3v) is 13.5. The predicted octanol–water partition coefficient (Wildman–Crippen LogP) is 18.2. The van der Waals surface area contributed by atoms with Crippen molar-refractivity contribution in [2.24, 2.45) is 0 Å². The van der Waals surface area contributed by atoms with Crippen LogP contribution in [0.25, 0.3) is 0 Å². The summed E-state index contributed by atoms with van der Waals surface area (Å²) in [5, 5.41) is 0. The summed E-state index contributed by atoms with van der Waals surface area (Å²) in [6, 6.07) is 31.5. The molecular formula is C74H86O4. The highest BCUT2D eigenvalue weighted by molar-refractivity contribution is 5.63. The molecule has 0 bridgehead atoms. The maximum absolute atomic E-state index is 6.51. The highest BCUT2D eigenvalue weighted by Gasteiger charge is 2.14. The van der Waals surface area contributed by atoms with Crippen LogP contribution in [0.2, 0.25) is 0 Å². The first-order chi connectivity index (χ1) is 38.5. The van der Waals surface area contributed by atoms with Gasteiger partial charge in [-0.3, -0.25) is 0 Å². The summed E-state index contributed by atoms with van der Waals surface area (Å²) in [7, 11) is 0. The van der Waals surface area contributed by atoms with E-state index < -0.39 is 0 Å². The van der Waals surface area contributed by atoms with Crippen LogP contribution in [0.15, 0.2) is 97.1 Å². The third kappa shape index (κ3) is 23.9. The van der Waals surface area contributed by atoms with Crippen molar-refractivity contribution >= 4 is 0 Å². The Bertz CT molecular complexity index is 2680. The Morgan fingerprint density at radius 2 is 0.449 bits per heavy atom. The summed E-state index contributed by atoms with van der Waals surface area (Å²) in [4.78, 5) is 0. The fraction of sp³-hybridized carbons (Fsp3) is 0.432. The predicted molar refractivity (Wildman–Crippen MR) is 327 cm³/mol. The van der Waals surface area contributed by atoms with Gasteiger partial charge in [0.2, 0.25) is 0 Å². The summed E-state index contributed by atoms with van der Waals surface area (Å²) in [6.07, 6.45) is 39.7. The SMILES string of the molecule is C#Cc1ccc(C#Cc2cc(OCCCCCCCC)c(OCCCCCCCC)cc2C#Cc2ccc(C#Cc3cc(OCCCCCCCC)c(OCCCCCCCC)cc3C#Cc3ccc(C#C)cc3)cc2)cc1. The van der Waals surface area contributed by atoms with Gasteiger partial charge in [-0.05, 0) is 98.5 Å². The van der Waals surface area contributed by atoms with Gasteiger partial charge in [-0.25, -0.2) is 0 Å². The van der Waals surface area contributed by atoms with Crippen LogP contribution in [-0.4, -0.2) is 26.4 Å². The lowest BCUT2D eigenvalue weighted by Gasteiger charge is -2.15. The van der Waals surface area contributed by atoms with Crippen molar-refractivity contribution in [1.82, 2.24) is 0 Å². The summed E-state index contributed by atoms with van der Waals surface area (Å²) >= 11 is 0. The van der Waals surface area contributed by atoms with E-state index in [1.165, 1.54) is 103 Å². The van der Waals surface area contributed by atoms with Crippen molar-refractivity contribution in [2.45, 2.75) is 182 Å². The molecule has 5 aromatic carbocycles. The van der Waals surface area contributed by atoms with Gasteiger partial charge in [0.15, 0.2) is 23.0 Å². The molecule has 0 fully saturated rings. The molecule has 0 aromatic heterocycles. The number of rotatable bonds is 32. The zero-order valence-corrected chi connectivity index (χ0v) is 47.8. The molecule has 4 nitrogen and oxygen atoms in total. The van der Waals surface area contributed by atoms with Crippen LogP contribution in [0.1, 0.15) is 237 Å². The van der Waals surface area contributed by atoms with Gasteiger partial charge in [0.25, 0.3) is 0 Å². The zero-order chi connectivity index (χ0) is 55.1. The van der Waals surface area contributed by atoms with Crippen LogP contribution in [0.3, 0.4) is 0 Å². The van der Waals surface area contributed by atoms with Gasteiger partial charge in [0.1, 0.15) is 0 Å². The Hall–Kier alpha value is -7.34. The van der Waals surface area contributed by atoms with Crippen LogP contribution in [-0.2, 0) is 0 Å². The minimum atomic E-state index is 0.612. The van der Waals surface area contributed by atoms with Crippen molar-refractivity contribution in [2.75, 3.05) is 26.4 Å². The Balaban J connectivity index is 1.46. The van der Waals surface area contributed by atoms with E-state index in [0.29, 0.717) is 49.4 Å². The molecule has 4 heteroatoms. The summed E-state index contributed by atoms with van der Waals surface area (Å²) in [5.74, 6) is 35.5. The maximum atomic E-state index is 6.51. The second kappa shape index (κ2) is 38.2. The highest BCUT2D eigenvalue weighted by atomic mass is 16.5. The van der Waals surface area contributed by atoms with Gasteiger partial charge < -0.3 is 18.9 Å². The molecule has 0 heterocycles. The smallest absolute Gasteiger partial charge is 0.162 e. The van der Waals surface area contributed by atoms with Crippen molar-refractivity contribution in [1.29, 1.82) is 0 Å². The van der Waals surface area contributed by atoms with Crippen LogP contribution in [0, 0.1) is 72.1 Å². The third-order valence-electron chi connectivity index (χ3n) is 13.5. The van der Waals surface area contributed by atoms with Gasteiger partial charge in [0, 0.05) is 79.9 Å². The molecule has 5 aromatic rings. The number of ether oxygens (including phenoxy) is 4. The first-order valence-electron chi connectivity index (χ1n) is 29.7. The molecule has 0 aliphatic carbocycles. The molecule has 0 spiro atoms. The van der Waals surface area contributed by atoms with Gasteiger partial charge in [-0.15, -0.1) is 12.8 Å². The average molecular weight is 1040 g/mol. The average Bonchev–Trinajstić information content (AvgIpc) is 3.49. The number of unbranched alkanes of at least 4 members (excludes halogenated alkanes) is 20. The van der Waals surface area contributed by atoms with Crippen LogP contribution in [0.5, 0.6) is 23.0 Å². The second-order valence-corrected chi connectivity index (χ2v) is 20.2. The fourth-order valence-electron chi connectivity index (χ4n) is 8.74. The normalized spacial score (nSPS) is 10.3. The van der Waals surface area contributed by atoms with Crippen LogP contribution >= 0.6 is 0 Å². The lowest BCUT2D eigenvalue weighted by Crippen LogP contribution is -2.04. The quantitative estimate of drug-likeness (QED) is 0.0318. The standard InChI is InChI=1S/C74H86O4/c1-7-13-17-21-25-29-53-75-71-57-67(49-45-63-37-33-61(11-5)34-38-63)69(59-73(71)77-55-31-27-23-19-15-9-3)51-47-65-41-43-66(44-42-65)48-52-70-60-74(78-56-32-28-24-20-16-10-4)72(76-54-30-26-22-18-14-8-2)58-68(70)50-46-64-39-35-62(12-6)36-40-64/h5-6,33-44,57-60H,7-10,13-32,53-56H2,1-4H3. The Kier molecular flexibility index (Phi) is 30.2. The van der Waals surface area contributed by atoms with E-state index in [9.17, 15) is 0 Å². The molecule has 78 heavy (non-hydrogen) atoms. The summed E-state index contributed by atoms with van der Waals surface area (Å²) in [5.41, 5.74) is 8.14. The first kappa shape index (κ1) is 61.5. The zero-order valence-electron chi connectivity index (χ0n) is 47.8. The van der Waals surface area contributed by atoms with Crippen LogP contribution < -0.4 is 18.9 Å². The minimum Gasteiger partial charge on any atom is -0.490 e. The van der Waals surface area contributed by atoms with Gasteiger partial charge >= 0.3 is 0 Å². The van der Waals surface area contributed by atoms with Crippen molar-refractivity contribution in [3.05, 3.63) is 153 Å². The van der Waals surface area contributed by atoms with Crippen molar-refractivity contribution < 1.29 is 18.9 Å². The summed E-state index contributed by atoms with van der Waals surface area (Å²) < 4.78 is 26.0. The molecule has 0 N–H and O–H groups in total. The number of hydrogen-bond donors (Lipinski definition) is 0. The molecule has 0 aliphatic heterocycles. The Morgan fingerprint density at radius 1 is 0.256 bits per heavy atom. The molecule has 0 saturated carbocycles. The number of hydrogen-bond acceptors (Lipinski definition) is 4. The van der Waals surface area contributed by atoms with Crippen LogP contribution in [0.4, 0.5) is 0 Å². The minimum absolute atomic E-state index is 0.612. The van der Waals surface area contributed by atoms with E-state index in [1.54, 1.807) is 0 Å². The molecule has 0 radical (unpaired) electrons. The lowest BCUT2D eigenvalue weighted by molar-refractivity contribution is 0.258. The maximum Gasteiger partial charge on any atom is 0.162 e. The second-order valence-electron chi connectivity index (χ2n) is 20.2. The number of benzene rings is 5. The molecule has 406 valence electrons. The van der Waals surface area contributed by atoms with Crippen molar-refractivity contribution in [3.63, 3.8) is 0 Å². The number of terminal acetylenes is 2. The molecule has 0 unspecified atom stereocenters. The largest absolute Gasteiger partial charge is 0.490 e. The molecule has 5 rings (SSSR count). The van der Waals surface area contributed by atoms with Crippen molar-refractivity contribution in [3.8, 4) is 95.0 Å². The monoisotopic (exact) mass is 1040 g/mol. The van der Waals surface area contributed by atoms with E-state index in [2.05, 4.69) is 86.9 Å². The van der Waals surface area contributed by atoms with E-state index >= 15 is 0 Å². The van der Waals surface area contributed by atoms with Gasteiger partial charge in [-0.1, -0.05) is 215 Å². The van der Waals surface area contributed by atoms with Gasteiger partial charge in [0.05, 0.1) is 26.4 Å². The van der Waals surface area contributed by atoms with E-state index in [0.717, 1.165) is 107 Å². The van der Waals surface area contributed by atoms with E-state index in [4.69, 9.17) is 31.8 Å². The fourth-order valence-corrected chi connectivity index (χ4v) is 8.74. The Morgan fingerprint density at radius 3 is 0.654 bits per heavy atom. The molecule has 0 amide bonds. The van der Waals surface area contributed by atoms with E-state index in [1.807, 2.05) is 97.1 Å². The molecule has 0 saturated heterocycles. The topological polar surface area (TPSA) is 36.9 Å². The van der Waals surface area contributed by atoms with E-state index in [-0.39, 0.29) is 0 Å². The molecular weight excluding hydrogens is 953 g/mol. The van der Waals surface area contributed by atoms with Gasteiger partial charge in [-0.2, -0.15) is 0 Å². The summed E-state index contributed by atoms with van der Waals surface area (Å²) in [6.45, 7) is 11.4. The molecule has 0 atom stereocenters. The Labute approximate surface area is 472 Å².